The second-order valence-corrected chi connectivity index (χ2v) is 4.86. The molecule has 15 heavy (non-hydrogen) atoms. The maximum atomic E-state index is 8.93. The normalized spacial score (nSPS) is 25.0. The van der Waals surface area contributed by atoms with E-state index in [1.54, 1.807) is 0 Å². The summed E-state index contributed by atoms with van der Waals surface area (Å²) in [5.41, 5.74) is 0. The third-order valence-electron chi connectivity index (χ3n) is 3.39. The highest BCUT2D eigenvalue weighted by Crippen LogP contribution is 2.13. The molecule has 1 heterocycles. The highest BCUT2D eigenvalue weighted by molar-refractivity contribution is 4.84. The molecule has 3 nitrogen and oxygen atoms in total. The monoisotopic (exact) mass is 214 g/mol. The van der Waals surface area contributed by atoms with Crippen LogP contribution in [0.2, 0.25) is 0 Å². The number of hydrogen-bond acceptors (Lipinski definition) is 3. The molecule has 2 unspecified atom stereocenters. The molecule has 1 fully saturated rings. The van der Waals surface area contributed by atoms with Crippen molar-refractivity contribution in [3.63, 3.8) is 0 Å². The molecule has 1 saturated heterocycles. The van der Waals surface area contributed by atoms with Gasteiger partial charge in [-0.1, -0.05) is 6.92 Å². The van der Waals surface area contributed by atoms with Crippen molar-refractivity contribution in [2.24, 2.45) is 0 Å². The van der Waals surface area contributed by atoms with Crippen molar-refractivity contribution in [2.45, 2.75) is 58.2 Å². The fourth-order valence-corrected chi connectivity index (χ4v) is 2.29. The van der Waals surface area contributed by atoms with E-state index in [1.165, 1.54) is 19.5 Å². The molecule has 1 rings (SSSR count). The Morgan fingerprint density at radius 2 is 2.20 bits per heavy atom. The van der Waals surface area contributed by atoms with Crippen LogP contribution in [0.1, 0.15) is 40.0 Å². The van der Waals surface area contributed by atoms with Crippen LogP contribution in [0.4, 0.5) is 0 Å². The first-order valence-electron chi connectivity index (χ1n) is 6.28. The highest BCUT2D eigenvalue weighted by Gasteiger charge is 2.25. The minimum absolute atomic E-state index is 0.298. The SMILES string of the molecule is CCC(CCO)NC1CCN(C(C)C)C1. The van der Waals surface area contributed by atoms with Crippen LogP contribution in [-0.2, 0) is 0 Å². The summed E-state index contributed by atoms with van der Waals surface area (Å²) in [4.78, 5) is 2.52. The Morgan fingerprint density at radius 1 is 1.47 bits per heavy atom. The zero-order valence-electron chi connectivity index (χ0n) is 10.4. The van der Waals surface area contributed by atoms with E-state index in [0.29, 0.717) is 24.7 Å². The first kappa shape index (κ1) is 12.9. The maximum Gasteiger partial charge on any atom is 0.0445 e. The van der Waals surface area contributed by atoms with Gasteiger partial charge in [0, 0.05) is 31.3 Å². The number of aliphatic hydroxyl groups excluding tert-OH is 1. The summed E-state index contributed by atoms with van der Waals surface area (Å²) in [6.45, 7) is 9.37. The molecule has 2 atom stereocenters. The van der Waals surface area contributed by atoms with Crippen LogP contribution in [0.25, 0.3) is 0 Å². The zero-order valence-corrected chi connectivity index (χ0v) is 10.4. The molecule has 0 spiro atoms. The first-order chi connectivity index (χ1) is 7.17. The number of aliphatic hydroxyl groups is 1. The van der Waals surface area contributed by atoms with Crippen molar-refractivity contribution in [3.05, 3.63) is 0 Å². The lowest BCUT2D eigenvalue weighted by Gasteiger charge is -2.23. The highest BCUT2D eigenvalue weighted by atomic mass is 16.3. The van der Waals surface area contributed by atoms with Crippen LogP contribution in [0.5, 0.6) is 0 Å². The van der Waals surface area contributed by atoms with Crippen molar-refractivity contribution in [1.29, 1.82) is 0 Å². The molecule has 0 aliphatic carbocycles. The van der Waals surface area contributed by atoms with Gasteiger partial charge in [-0.25, -0.2) is 0 Å². The Balaban J connectivity index is 2.27. The van der Waals surface area contributed by atoms with Crippen molar-refractivity contribution < 1.29 is 5.11 Å². The van der Waals surface area contributed by atoms with Gasteiger partial charge in [-0.05, 0) is 39.7 Å². The number of hydrogen-bond donors (Lipinski definition) is 2. The fourth-order valence-electron chi connectivity index (χ4n) is 2.29. The summed E-state index contributed by atoms with van der Waals surface area (Å²) in [5.74, 6) is 0. The molecular weight excluding hydrogens is 188 g/mol. The average molecular weight is 214 g/mol. The van der Waals surface area contributed by atoms with Gasteiger partial charge in [-0.2, -0.15) is 0 Å². The number of rotatable bonds is 6. The van der Waals surface area contributed by atoms with Crippen molar-refractivity contribution in [2.75, 3.05) is 19.7 Å². The lowest BCUT2D eigenvalue weighted by atomic mass is 10.1. The molecule has 0 aromatic heterocycles. The van der Waals surface area contributed by atoms with Crippen LogP contribution < -0.4 is 5.32 Å². The van der Waals surface area contributed by atoms with Crippen LogP contribution in [0, 0.1) is 0 Å². The van der Waals surface area contributed by atoms with Gasteiger partial charge in [0.2, 0.25) is 0 Å². The molecule has 0 saturated carbocycles. The van der Waals surface area contributed by atoms with Gasteiger partial charge < -0.3 is 10.4 Å². The second-order valence-electron chi connectivity index (χ2n) is 4.86. The molecule has 0 radical (unpaired) electrons. The Morgan fingerprint density at radius 3 is 2.67 bits per heavy atom. The van der Waals surface area contributed by atoms with Gasteiger partial charge in [0.1, 0.15) is 0 Å². The summed E-state index contributed by atoms with van der Waals surface area (Å²) in [6, 6.07) is 1.78. The molecule has 0 aromatic rings. The van der Waals surface area contributed by atoms with Crippen LogP contribution >= 0.6 is 0 Å². The summed E-state index contributed by atoms with van der Waals surface area (Å²) in [7, 11) is 0. The van der Waals surface area contributed by atoms with Gasteiger partial charge in [-0.15, -0.1) is 0 Å². The maximum absolute atomic E-state index is 8.93. The number of likely N-dealkylation sites (tertiary alicyclic amines) is 1. The van der Waals surface area contributed by atoms with E-state index < -0.39 is 0 Å². The first-order valence-corrected chi connectivity index (χ1v) is 6.28. The van der Waals surface area contributed by atoms with Gasteiger partial charge in [0.05, 0.1) is 0 Å². The Labute approximate surface area is 93.9 Å². The third kappa shape index (κ3) is 4.09. The Bertz CT molecular complexity index is 173. The predicted octanol–water partition coefficient (Wildman–Crippen LogP) is 1.22. The smallest absolute Gasteiger partial charge is 0.0445 e. The molecule has 1 aliphatic heterocycles. The third-order valence-corrected chi connectivity index (χ3v) is 3.39. The minimum atomic E-state index is 0.298. The van der Waals surface area contributed by atoms with Crippen molar-refractivity contribution in [3.8, 4) is 0 Å². The number of nitrogens with zero attached hydrogens (tertiary/aromatic N) is 1. The summed E-state index contributed by atoms with van der Waals surface area (Å²) in [6.07, 6.45) is 3.24. The van der Waals surface area contributed by atoms with Gasteiger partial charge in [0.15, 0.2) is 0 Å². The molecule has 0 aromatic carbocycles. The molecule has 0 bridgehead atoms. The van der Waals surface area contributed by atoms with E-state index in [2.05, 4.69) is 31.0 Å². The van der Waals surface area contributed by atoms with E-state index in [0.717, 1.165) is 12.8 Å². The standard InChI is InChI=1S/C12H26N2O/c1-4-11(6-8-15)13-12-5-7-14(9-12)10(2)3/h10-13,15H,4-9H2,1-3H3. The van der Waals surface area contributed by atoms with E-state index in [-0.39, 0.29) is 0 Å². The average Bonchev–Trinajstić information content (AvgIpc) is 2.65. The molecule has 1 aliphatic rings. The summed E-state index contributed by atoms with van der Waals surface area (Å²) in [5, 5.41) is 12.6. The molecular formula is C12H26N2O. The Kier molecular flexibility index (Phi) is 5.58. The van der Waals surface area contributed by atoms with E-state index in [1.807, 2.05) is 0 Å². The lowest BCUT2D eigenvalue weighted by Crippen LogP contribution is -2.41. The quantitative estimate of drug-likeness (QED) is 0.698. The van der Waals surface area contributed by atoms with E-state index >= 15 is 0 Å². The van der Waals surface area contributed by atoms with Gasteiger partial charge >= 0.3 is 0 Å². The van der Waals surface area contributed by atoms with Crippen molar-refractivity contribution >= 4 is 0 Å². The van der Waals surface area contributed by atoms with Crippen LogP contribution in [0.3, 0.4) is 0 Å². The summed E-state index contributed by atoms with van der Waals surface area (Å²) >= 11 is 0. The number of nitrogens with one attached hydrogen (secondary N) is 1. The molecule has 3 heteroatoms. The second kappa shape index (κ2) is 6.46. The fraction of sp³-hybridized carbons (Fsp3) is 1.00. The lowest BCUT2D eigenvalue weighted by molar-refractivity contribution is 0.244. The molecule has 90 valence electrons. The largest absolute Gasteiger partial charge is 0.396 e. The van der Waals surface area contributed by atoms with Gasteiger partial charge in [-0.3, -0.25) is 4.90 Å². The van der Waals surface area contributed by atoms with Gasteiger partial charge in [0.25, 0.3) is 0 Å². The zero-order chi connectivity index (χ0) is 11.3. The summed E-state index contributed by atoms with van der Waals surface area (Å²) < 4.78 is 0. The topological polar surface area (TPSA) is 35.5 Å². The Hall–Kier alpha value is -0.120. The van der Waals surface area contributed by atoms with Crippen LogP contribution in [-0.4, -0.2) is 47.8 Å². The minimum Gasteiger partial charge on any atom is -0.396 e. The predicted molar refractivity (Wildman–Crippen MR) is 64.0 cm³/mol. The van der Waals surface area contributed by atoms with Crippen molar-refractivity contribution in [1.82, 2.24) is 10.2 Å². The van der Waals surface area contributed by atoms with E-state index in [4.69, 9.17) is 5.11 Å². The van der Waals surface area contributed by atoms with E-state index in [9.17, 15) is 0 Å². The van der Waals surface area contributed by atoms with Crippen LogP contribution in [0.15, 0.2) is 0 Å². The molecule has 0 amide bonds. The molecule has 2 N–H and O–H groups in total.